The maximum Gasteiger partial charge on any atom is 0.314 e. The summed E-state index contributed by atoms with van der Waals surface area (Å²) in [4.78, 5) is 11.7. The Balaban J connectivity index is 2.97. The summed E-state index contributed by atoms with van der Waals surface area (Å²) in [6, 6.07) is 0. The van der Waals surface area contributed by atoms with Crippen LogP contribution in [0.15, 0.2) is 11.6 Å². The van der Waals surface area contributed by atoms with Crippen molar-refractivity contribution in [3.63, 3.8) is 0 Å². The van der Waals surface area contributed by atoms with Crippen LogP contribution in [0.1, 0.15) is 34.6 Å². The van der Waals surface area contributed by atoms with Gasteiger partial charge in [0.15, 0.2) is 0 Å². The van der Waals surface area contributed by atoms with E-state index in [9.17, 15) is 9.90 Å². The number of aliphatic hydroxyl groups is 1. The number of allylic oxidation sites excluding steroid dienone is 1. The molecule has 3 heteroatoms. The molecule has 0 unspecified atom stereocenters. The summed E-state index contributed by atoms with van der Waals surface area (Å²) in [6.07, 6.45) is 0.976. The van der Waals surface area contributed by atoms with E-state index in [1.165, 1.54) is 0 Å². The van der Waals surface area contributed by atoms with Crippen molar-refractivity contribution in [2.24, 2.45) is 11.3 Å². The molecule has 0 aromatic rings. The molecule has 1 aliphatic heterocycles. The molecular weight excluding hydrogens is 192 g/mol. The van der Waals surface area contributed by atoms with Crippen LogP contribution in [-0.4, -0.2) is 23.3 Å². The lowest BCUT2D eigenvalue weighted by molar-refractivity contribution is -0.187. The molecule has 1 rings (SSSR count). The van der Waals surface area contributed by atoms with Crippen LogP contribution in [0.25, 0.3) is 0 Å². The minimum atomic E-state index is -0.802. The molecule has 1 fully saturated rings. The van der Waals surface area contributed by atoms with Crippen LogP contribution >= 0.6 is 0 Å². The molecule has 1 heterocycles. The Morgan fingerprint density at radius 2 is 2.07 bits per heavy atom. The lowest BCUT2D eigenvalue weighted by Gasteiger charge is -2.42. The van der Waals surface area contributed by atoms with E-state index in [0.29, 0.717) is 0 Å². The number of esters is 1. The summed E-state index contributed by atoms with van der Waals surface area (Å²) in [5, 5.41) is 10.1. The van der Waals surface area contributed by atoms with Crippen LogP contribution < -0.4 is 0 Å². The number of aliphatic hydroxyl groups excluding tert-OH is 1. The molecule has 3 nitrogen and oxygen atoms in total. The van der Waals surface area contributed by atoms with Crippen LogP contribution in [0.5, 0.6) is 0 Å². The van der Waals surface area contributed by atoms with Gasteiger partial charge < -0.3 is 9.84 Å². The van der Waals surface area contributed by atoms with E-state index in [1.54, 1.807) is 13.8 Å². The highest BCUT2D eigenvalue weighted by Crippen LogP contribution is 2.37. The van der Waals surface area contributed by atoms with Crippen LogP contribution in [0.3, 0.4) is 0 Å². The maximum absolute atomic E-state index is 11.7. The van der Waals surface area contributed by atoms with Crippen LogP contribution in [0.2, 0.25) is 0 Å². The molecule has 0 spiro atoms. The molecule has 0 aliphatic carbocycles. The molecular formula is C12H20O3. The van der Waals surface area contributed by atoms with Crippen LogP contribution in [-0.2, 0) is 9.53 Å². The minimum Gasteiger partial charge on any atom is -0.457 e. The van der Waals surface area contributed by atoms with Gasteiger partial charge in [0.25, 0.3) is 0 Å². The molecule has 0 aromatic carbocycles. The Bertz CT molecular complexity index is 291. The van der Waals surface area contributed by atoms with Gasteiger partial charge in [0.05, 0.1) is 11.5 Å². The van der Waals surface area contributed by atoms with Gasteiger partial charge in [-0.3, -0.25) is 4.79 Å². The average molecular weight is 212 g/mol. The fraction of sp³-hybridized carbons (Fsp3) is 0.750. The SMILES string of the molecule is C/C=C(\C)[C@@H]1OC(=O)C(C)(C)[C@@H](O)[C@H]1C. The standard InChI is InChI=1S/C12H20O3/c1-6-7(2)9-8(3)10(13)12(4,5)11(14)15-9/h6,8-10,13H,1-5H3/b7-6+/t8-,9-,10-/m0/s1. The number of carbonyl (C=O) groups is 1. The number of rotatable bonds is 1. The van der Waals surface area contributed by atoms with Crippen LogP contribution in [0, 0.1) is 11.3 Å². The first kappa shape index (κ1) is 12.2. The Hall–Kier alpha value is -0.830. The van der Waals surface area contributed by atoms with E-state index in [1.807, 2.05) is 26.8 Å². The summed E-state index contributed by atoms with van der Waals surface area (Å²) in [5.41, 5.74) is 0.189. The van der Waals surface area contributed by atoms with Crippen molar-refractivity contribution in [2.45, 2.75) is 46.8 Å². The van der Waals surface area contributed by atoms with Crippen molar-refractivity contribution in [1.82, 2.24) is 0 Å². The van der Waals surface area contributed by atoms with Gasteiger partial charge in [-0.25, -0.2) is 0 Å². The largest absolute Gasteiger partial charge is 0.457 e. The van der Waals surface area contributed by atoms with Gasteiger partial charge in [-0.2, -0.15) is 0 Å². The Morgan fingerprint density at radius 1 is 1.53 bits per heavy atom. The van der Waals surface area contributed by atoms with E-state index in [-0.39, 0.29) is 18.0 Å². The molecule has 0 amide bonds. The Labute approximate surface area is 91.1 Å². The summed E-state index contributed by atoms with van der Waals surface area (Å²) in [5.74, 6) is -0.381. The van der Waals surface area contributed by atoms with Gasteiger partial charge in [-0.15, -0.1) is 0 Å². The molecule has 0 aromatic heterocycles. The predicted molar refractivity (Wildman–Crippen MR) is 58.3 cm³/mol. The third-order valence-electron chi connectivity index (χ3n) is 3.38. The van der Waals surface area contributed by atoms with Gasteiger partial charge >= 0.3 is 5.97 Å². The Kier molecular flexibility index (Phi) is 3.24. The highest BCUT2D eigenvalue weighted by atomic mass is 16.6. The number of hydrogen-bond acceptors (Lipinski definition) is 3. The van der Waals surface area contributed by atoms with E-state index < -0.39 is 11.5 Å². The van der Waals surface area contributed by atoms with E-state index >= 15 is 0 Å². The van der Waals surface area contributed by atoms with Gasteiger partial charge in [-0.05, 0) is 33.3 Å². The first-order valence-electron chi connectivity index (χ1n) is 5.34. The van der Waals surface area contributed by atoms with E-state index in [2.05, 4.69) is 0 Å². The van der Waals surface area contributed by atoms with Gasteiger partial charge in [0, 0.05) is 5.92 Å². The number of ether oxygens (including phenoxy) is 1. The molecule has 86 valence electrons. The quantitative estimate of drug-likeness (QED) is 0.533. The smallest absolute Gasteiger partial charge is 0.314 e. The minimum absolute atomic E-state index is 0.0612. The lowest BCUT2D eigenvalue weighted by atomic mass is 9.74. The Morgan fingerprint density at radius 3 is 2.53 bits per heavy atom. The zero-order valence-electron chi connectivity index (χ0n) is 10.1. The van der Waals surface area contributed by atoms with Crippen molar-refractivity contribution in [3.05, 3.63) is 11.6 Å². The molecule has 0 bridgehead atoms. The lowest BCUT2D eigenvalue weighted by Crippen LogP contribution is -2.53. The summed E-state index contributed by atoms with van der Waals surface area (Å²) in [6.45, 7) is 9.17. The molecule has 0 saturated carbocycles. The second-order valence-electron chi connectivity index (χ2n) is 4.88. The first-order valence-corrected chi connectivity index (χ1v) is 5.34. The van der Waals surface area contributed by atoms with E-state index in [4.69, 9.17) is 4.74 Å². The zero-order chi connectivity index (χ0) is 11.8. The van der Waals surface area contributed by atoms with Crippen molar-refractivity contribution in [3.8, 4) is 0 Å². The molecule has 0 radical (unpaired) electrons. The number of cyclic esters (lactones) is 1. The van der Waals surface area contributed by atoms with Crippen LogP contribution in [0.4, 0.5) is 0 Å². The third kappa shape index (κ3) is 1.93. The van der Waals surface area contributed by atoms with Gasteiger partial charge in [0.1, 0.15) is 6.10 Å². The van der Waals surface area contributed by atoms with Crippen molar-refractivity contribution in [2.75, 3.05) is 0 Å². The van der Waals surface area contributed by atoms with Crippen molar-refractivity contribution >= 4 is 5.97 Å². The highest BCUT2D eigenvalue weighted by molar-refractivity contribution is 5.78. The monoisotopic (exact) mass is 212 g/mol. The fourth-order valence-corrected chi connectivity index (χ4v) is 1.99. The number of hydrogen-bond donors (Lipinski definition) is 1. The second-order valence-corrected chi connectivity index (χ2v) is 4.88. The summed E-state index contributed by atoms with van der Waals surface area (Å²) >= 11 is 0. The van der Waals surface area contributed by atoms with Gasteiger partial charge in [0.2, 0.25) is 0 Å². The molecule has 1 saturated heterocycles. The molecule has 15 heavy (non-hydrogen) atoms. The predicted octanol–water partition coefficient (Wildman–Crippen LogP) is 1.90. The van der Waals surface area contributed by atoms with Crippen molar-refractivity contribution < 1.29 is 14.6 Å². The number of carbonyl (C=O) groups excluding carboxylic acids is 1. The zero-order valence-corrected chi connectivity index (χ0v) is 10.1. The van der Waals surface area contributed by atoms with Crippen molar-refractivity contribution in [1.29, 1.82) is 0 Å². The average Bonchev–Trinajstić information content (AvgIpc) is 2.20. The highest BCUT2D eigenvalue weighted by Gasteiger charge is 2.48. The third-order valence-corrected chi connectivity index (χ3v) is 3.38. The second kappa shape index (κ2) is 3.97. The topological polar surface area (TPSA) is 46.5 Å². The maximum atomic E-state index is 11.7. The normalized spacial score (nSPS) is 36.3. The summed E-state index contributed by atoms with van der Waals surface area (Å²) in [7, 11) is 0. The first-order chi connectivity index (χ1) is 6.82. The molecule has 1 N–H and O–H groups in total. The fourth-order valence-electron chi connectivity index (χ4n) is 1.99. The summed E-state index contributed by atoms with van der Waals surface area (Å²) < 4.78 is 5.37. The van der Waals surface area contributed by atoms with Gasteiger partial charge in [-0.1, -0.05) is 13.0 Å². The molecule has 1 aliphatic rings. The van der Waals surface area contributed by atoms with E-state index in [0.717, 1.165) is 5.57 Å². The molecule has 3 atom stereocenters.